The van der Waals surface area contributed by atoms with Crippen molar-refractivity contribution in [3.8, 4) is 5.75 Å². The van der Waals surface area contributed by atoms with Crippen LogP contribution in [0.2, 0.25) is 0 Å². The Kier molecular flexibility index (Phi) is 3.33. The Balaban J connectivity index is 2.78. The lowest BCUT2D eigenvalue weighted by molar-refractivity contribution is -0.387. The highest BCUT2D eigenvalue weighted by molar-refractivity contribution is 7.17. The number of hydrogen-bond donors (Lipinski definition) is 1. The first-order chi connectivity index (χ1) is 8.57. The molecule has 0 saturated heterocycles. The molecular weight excluding hydrogens is 256 g/mol. The second-order valence-corrected chi connectivity index (χ2v) is 4.82. The van der Waals surface area contributed by atoms with Gasteiger partial charge in [0.1, 0.15) is 4.70 Å². The molecule has 2 rings (SSSR count). The average Bonchev–Trinajstić information content (AvgIpc) is 2.77. The zero-order chi connectivity index (χ0) is 13.3. The van der Waals surface area contributed by atoms with Gasteiger partial charge >= 0.3 is 11.2 Å². The molecule has 0 aromatic carbocycles. The molecule has 0 amide bonds. The Morgan fingerprint density at radius 2 is 2.28 bits per heavy atom. The van der Waals surface area contributed by atoms with Crippen molar-refractivity contribution >= 4 is 27.2 Å². The Hall–Kier alpha value is -1.89. The van der Waals surface area contributed by atoms with Gasteiger partial charge in [0.15, 0.2) is 0 Å². The summed E-state index contributed by atoms with van der Waals surface area (Å²) in [5.74, 6) is -0.525. The van der Waals surface area contributed by atoms with Crippen LogP contribution >= 0.6 is 11.3 Å². The van der Waals surface area contributed by atoms with E-state index in [1.54, 1.807) is 11.4 Å². The van der Waals surface area contributed by atoms with E-state index in [0.29, 0.717) is 16.8 Å². The fourth-order valence-corrected chi connectivity index (χ4v) is 2.68. The van der Waals surface area contributed by atoms with Crippen LogP contribution in [0.1, 0.15) is 19.8 Å². The summed E-state index contributed by atoms with van der Waals surface area (Å²) in [6, 6.07) is 1.69. The molecule has 0 radical (unpaired) electrons. The third-order valence-corrected chi connectivity index (χ3v) is 3.65. The van der Waals surface area contributed by atoms with Crippen molar-refractivity contribution in [1.82, 2.24) is 4.57 Å². The van der Waals surface area contributed by atoms with Crippen LogP contribution in [0.4, 0.5) is 5.69 Å². The number of aromatic nitrogens is 1. The van der Waals surface area contributed by atoms with Crippen LogP contribution < -0.4 is 5.56 Å². The van der Waals surface area contributed by atoms with Crippen LogP contribution in [-0.4, -0.2) is 14.6 Å². The van der Waals surface area contributed by atoms with Crippen LogP contribution in [0.15, 0.2) is 16.2 Å². The third-order valence-electron chi connectivity index (χ3n) is 2.74. The van der Waals surface area contributed by atoms with Gasteiger partial charge in [0.25, 0.3) is 0 Å². The summed E-state index contributed by atoms with van der Waals surface area (Å²) in [5.41, 5.74) is -0.917. The number of unbranched alkanes of at least 4 members (excludes halogenated alkanes) is 1. The molecule has 2 aromatic heterocycles. The van der Waals surface area contributed by atoms with Gasteiger partial charge in [-0.1, -0.05) is 13.3 Å². The third kappa shape index (κ3) is 1.86. The second-order valence-electron chi connectivity index (χ2n) is 3.90. The minimum absolute atomic E-state index is 0.386. The zero-order valence-corrected chi connectivity index (χ0v) is 10.6. The Labute approximate surface area is 106 Å². The highest BCUT2D eigenvalue weighted by Gasteiger charge is 2.25. The molecule has 0 bridgehead atoms. The van der Waals surface area contributed by atoms with E-state index >= 15 is 0 Å². The van der Waals surface area contributed by atoms with E-state index in [-0.39, 0.29) is 0 Å². The first kappa shape index (κ1) is 12.6. The van der Waals surface area contributed by atoms with Crippen molar-refractivity contribution in [3.05, 3.63) is 31.9 Å². The van der Waals surface area contributed by atoms with Crippen molar-refractivity contribution in [2.45, 2.75) is 26.3 Å². The molecule has 0 atom stereocenters. The minimum atomic E-state index is -0.820. The summed E-state index contributed by atoms with van der Waals surface area (Å²) in [7, 11) is 0. The zero-order valence-electron chi connectivity index (χ0n) is 9.75. The smallest absolute Gasteiger partial charge is 0.376 e. The fraction of sp³-hybridized carbons (Fsp3) is 0.364. The fourth-order valence-electron chi connectivity index (χ4n) is 1.84. The first-order valence-electron chi connectivity index (χ1n) is 5.55. The average molecular weight is 268 g/mol. The predicted octanol–water partition coefficient (Wildman–Crippen LogP) is 2.48. The van der Waals surface area contributed by atoms with Gasteiger partial charge in [-0.15, -0.1) is 11.3 Å². The molecule has 2 aromatic rings. The number of rotatable bonds is 4. The SMILES string of the molecule is CCCCn1c(=O)c([N+](=O)[O-])c(O)c2sccc21. The lowest BCUT2D eigenvalue weighted by Crippen LogP contribution is -2.22. The largest absolute Gasteiger partial charge is 0.501 e. The van der Waals surface area contributed by atoms with Gasteiger partial charge in [-0.2, -0.15) is 0 Å². The number of fused-ring (bicyclic) bond motifs is 1. The molecule has 0 spiro atoms. The Morgan fingerprint density at radius 1 is 1.56 bits per heavy atom. The molecule has 0 saturated carbocycles. The number of nitrogens with zero attached hydrogens (tertiary/aromatic N) is 2. The van der Waals surface area contributed by atoms with E-state index in [0.717, 1.165) is 12.8 Å². The molecular formula is C11H12N2O4S. The maximum Gasteiger partial charge on any atom is 0.376 e. The van der Waals surface area contributed by atoms with Gasteiger partial charge in [-0.05, 0) is 17.9 Å². The standard InChI is InChI=1S/C11H12N2O4S/c1-2-3-5-12-7-4-6-18-10(7)9(14)8(11(12)15)13(16)17/h4,6,14H,2-3,5H2,1H3. The quantitative estimate of drug-likeness (QED) is 0.681. The van der Waals surface area contributed by atoms with E-state index in [1.165, 1.54) is 15.9 Å². The molecule has 7 heteroatoms. The predicted molar refractivity (Wildman–Crippen MR) is 69.3 cm³/mol. The van der Waals surface area contributed by atoms with Gasteiger partial charge in [0.2, 0.25) is 5.75 Å². The molecule has 18 heavy (non-hydrogen) atoms. The maximum absolute atomic E-state index is 12.0. The Morgan fingerprint density at radius 3 is 2.89 bits per heavy atom. The summed E-state index contributed by atoms with van der Waals surface area (Å²) in [5, 5.41) is 22.4. The number of aromatic hydroxyl groups is 1. The van der Waals surface area contributed by atoms with E-state index < -0.39 is 21.9 Å². The Bertz CT molecular complexity index is 659. The second kappa shape index (κ2) is 4.77. The maximum atomic E-state index is 12.0. The molecule has 96 valence electrons. The molecule has 0 aliphatic rings. The summed E-state index contributed by atoms with van der Waals surface area (Å²) in [6.07, 6.45) is 1.64. The lowest BCUT2D eigenvalue weighted by Gasteiger charge is -2.07. The van der Waals surface area contributed by atoms with Gasteiger partial charge in [0.05, 0.1) is 10.4 Å². The minimum Gasteiger partial charge on any atom is -0.501 e. The van der Waals surface area contributed by atoms with Crippen molar-refractivity contribution < 1.29 is 10.0 Å². The van der Waals surface area contributed by atoms with Crippen molar-refractivity contribution in [3.63, 3.8) is 0 Å². The molecule has 0 aliphatic carbocycles. The van der Waals surface area contributed by atoms with Crippen LogP contribution in [0, 0.1) is 10.1 Å². The molecule has 0 fully saturated rings. The summed E-state index contributed by atoms with van der Waals surface area (Å²) in [6.45, 7) is 2.40. The van der Waals surface area contributed by atoms with Crippen molar-refractivity contribution in [1.29, 1.82) is 0 Å². The van der Waals surface area contributed by atoms with Crippen LogP contribution in [0.3, 0.4) is 0 Å². The van der Waals surface area contributed by atoms with Crippen LogP contribution in [0.25, 0.3) is 10.2 Å². The molecule has 2 heterocycles. The number of pyridine rings is 1. The van der Waals surface area contributed by atoms with Crippen LogP contribution in [0.5, 0.6) is 5.75 Å². The number of nitro groups is 1. The van der Waals surface area contributed by atoms with Crippen LogP contribution in [-0.2, 0) is 6.54 Å². The van der Waals surface area contributed by atoms with E-state index in [9.17, 15) is 20.0 Å². The number of thiophene rings is 1. The lowest BCUT2D eigenvalue weighted by atomic mass is 10.3. The topological polar surface area (TPSA) is 85.4 Å². The summed E-state index contributed by atoms with van der Waals surface area (Å²) >= 11 is 1.19. The van der Waals surface area contributed by atoms with E-state index in [1.807, 2.05) is 6.92 Å². The van der Waals surface area contributed by atoms with Gasteiger partial charge in [0, 0.05) is 6.54 Å². The molecule has 0 aliphatic heterocycles. The number of hydrogen-bond acceptors (Lipinski definition) is 5. The number of aryl methyl sites for hydroxylation is 1. The molecule has 1 N–H and O–H groups in total. The first-order valence-corrected chi connectivity index (χ1v) is 6.43. The summed E-state index contributed by atoms with van der Waals surface area (Å²) < 4.78 is 1.75. The normalized spacial score (nSPS) is 10.9. The van der Waals surface area contributed by atoms with Gasteiger partial charge in [-0.25, -0.2) is 0 Å². The van der Waals surface area contributed by atoms with Crippen molar-refractivity contribution in [2.24, 2.45) is 0 Å². The highest BCUT2D eigenvalue weighted by Crippen LogP contribution is 2.34. The van der Waals surface area contributed by atoms with E-state index in [4.69, 9.17) is 0 Å². The van der Waals surface area contributed by atoms with Gasteiger partial charge < -0.3 is 9.67 Å². The highest BCUT2D eigenvalue weighted by atomic mass is 32.1. The molecule has 0 unspecified atom stereocenters. The van der Waals surface area contributed by atoms with E-state index in [2.05, 4.69) is 0 Å². The summed E-state index contributed by atoms with van der Waals surface area (Å²) in [4.78, 5) is 22.1. The monoisotopic (exact) mass is 268 g/mol. The molecule has 6 nitrogen and oxygen atoms in total. The van der Waals surface area contributed by atoms with Gasteiger partial charge in [-0.3, -0.25) is 14.9 Å². The van der Waals surface area contributed by atoms with Crippen molar-refractivity contribution in [2.75, 3.05) is 0 Å².